The van der Waals surface area contributed by atoms with Crippen molar-refractivity contribution in [3.8, 4) is 11.8 Å². The molecule has 1 saturated heterocycles. The lowest BCUT2D eigenvalue weighted by Crippen LogP contribution is -2.43. The number of para-hydroxylation sites is 1. The van der Waals surface area contributed by atoms with Gasteiger partial charge in [0, 0.05) is 5.69 Å². The van der Waals surface area contributed by atoms with Gasteiger partial charge in [-0.2, -0.15) is 5.26 Å². The maximum Gasteiger partial charge on any atom is 0.265 e. The molecule has 0 saturated carbocycles. The summed E-state index contributed by atoms with van der Waals surface area (Å²) < 4.78 is 29.2. The zero-order valence-electron chi connectivity index (χ0n) is 14.0. The number of hydrogen-bond donors (Lipinski definition) is 0. The number of ether oxygens (including phenoxy) is 1. The molecule has 2 aromatic rings. The molecule has 0 N–H and O–H groups in total. The molecule has 1 aliphatic rings. The predicted octanol–water partition coefficient (Wildman–Crippen LogP) is 2.16. The van der Waals surface area contributed by atoms with Gasteiger partial charge in [0.05, 0.1) is 29.2 Å². The highest BCUT2D eigenvalue weighted by Crippen LogP contribution is 2.25. The van der Waals surface area contributed by atoms with Gasteiger partial charge in [0.25, 0.3) is 5.91 Å². The van der Waals surface area contributed by atoms with Crippen LogP contribution < -0.4 is 9.64 Å². The topological polar surface area (TPSA) is 87.5 Å². The summed E-state index contributed by atoms with van der Waals surface area (Å²) in [7, 11) is -3.13. The first kappa shape index (κ1) is 18.0. The molecule has 0 aliphatic carbocycles. The summed E-state index contributed by atoms with van der Waals surface area (Å²) in [5.41, 5.74) is 1.09. The molecule has 3 rings (SSSR count). The van der Waals surface area contributed by atoms with Crippen molar-refractivity contribution in [3.63, 3.8) is 0 Å². The van der Waals surface area contributed by atoms with Crippen molar-refractivity contribution in [2.24, 2.45) is 0 Å². The monoisotopic (exact) mass is 370 g/mol. The van der Waals surface area contributed by atoms with Crippen molar-refractivity contribution in [1.82, 2.24) is 0 Å². The van der Waals surface area contributed by atoms with Gasteiger partial charge in [-0.05, 0) is 36.8 Å². The van der Waals surface area contributed by atoms with Crippen molar-refractivity contribution < 1.29 is 17.9 Å². The molecular formula is C19H18N2O4S. The molecule has 1 atom stereocenters. The minimum atomic E-state index is -3.13. The van der Waals surface area contributed by atoms with Crippen LogP contribution in [0.25, 0.3) is 0 Å². The van der Waals surface area contributed by atoms with Gasteiger partial charge in [-0.3, -0.25) is 4.79 Å². The summed E-state index contributed by atoms with van der Waals surface area (Å²) in [5, 5.41) is 8.93. The molecular weight excluding hydrogens is 352 g/mol. The largest absolute Gasteiger partial charge is 0.484 e. The normalized spacial score (nSPS) is 18.0. The van der Waals surface area contributed by atoms with E-state index in [1.54, 1.807) is 48.5 Å². The molecule has 26 heavy (non-hydrogen) atoms. The van der Waals surface area contributed by atoms with E-state index >= 15 is 0 Å². The van der Waals surface area contributed by atoms with E-state index in [9.17, 15) is 13.2 Å². The number of benzene rings is 2. The number of amides is 1. The highest BCUT2D eigenvalue weighted by atomic mass is 32.2. The van der Waals surface area contributed by atoms with Gasteiger partial charge in [-0.25, -0.2) is 8.42 Å². The number of rotatable bonds is 5. The number of nitrogens with zero attached hydrogens (tertiary/aromatic N) is 2. The van der Waals surface area contributed by atoms with Gasteiger partial charge in [0.1, 0.15) is 5.75 Å². The Morgan fingerprint density at radius 3 is 2.62 bits per heavy atom. The first-order chi connectivity index (χ1) is 12.5. The smallest absolute Gasteiger partial charge is 0.265 e. The molecule has 1 heterocycles. The number of sulfone groups is 1. The average Bonchev–Trinajstić information content (AvgIpc) is 3.00. The van der Waals surface area contributed by atoms with Crippen LogP contribution in [0.15, 0.2) is 54.6 Å². The third-order valence-electron chi connectivity index (χ3n) is 4.20. The Kier molecular flexibility index (Phi) is 5.24. The second kappa shape index (κ2) is 7.58. The summed E-state index contributed by atoms with van der Waals surface area (Å²) >= 11 is 0. The Balaban J connectivity index is 1.78. The van der Waals surface area contributed by atoms with Crippen molar-refractivity contribution >= 4 is 21.4 Å². The van der Waals surface area contributed by atoms with Crippen molar-refractivity contribution in [2.45, 2.75) is 12.5 Å². The van der Waals surface area contributed by atoms with Crippen LogP contribution in [0.3, 0.4) is 0 Å². The molecule has 0 bridgehead atoms. The van der Waals surface area contributed by atoms with E-state index in [0.717, 1.165) is 0 Å². The Morgan fingerprint density at radius 2 is 1.96 bits per heavy atom. The van der Waals surface area contributed by atoms with Crippen molar-refractivity contribution in [2.75, 3.05) is 23.0 Å². The lowest BCUT2D eigenvalue weighted by molar-refractivity contribution is -0.121. The van der Waals surface area contributed by atoms with Crippen LogP contribution in [0.2, 0.25) is 0 Å². The number of hydrogen-bond acceptors (Lipinski definition) is 5. The fraction of sp³-hybridized carbons (Fsp3) is 0.263. The van der Waals surface area contributed by atoms with Crippen LogP contribution in [0.4, 0.5) is 5.69 Å². The van der Waals surface area contributed by atoms with E-state index in [1.165, 1.54) is 4.90 Å². The van der Waals surface area contributed by atoms with E-state index in [-0.39, 0.29) is 24.0 Å². The first-order valence-corrected chi connectivity index (χ1v) is 10.0. The van der Waals surface area contributed by atoms with Crippen LogP contribution in [0.1, 0.15) is 12.0 Å². The average molecular weight is 370 g/mol. The van der Waals surface area contributed by atoms with E-state index < -0.39 is 15.9 Å². The molecule has 7 heteroatoms. The minimum Gasteiger partial charge on any atom is -0.484 e. The van der Waals surface area contributed by atoms with Gasteiger partial charge < -0.3 is 9.64 Å². The first-order valence-electron chi connectivity index (χ1n) is 8.19. The van der Waals surface area contributed by atoms with E-state index in [1.807, 2.05) is 12.1 Å². The molecule has 134 valence electrons. The zero-order chi connectivity index (χ0) is 18.6. The van der Waals surface area contributed by atoms with Gasteiger partial charge >= 0.3 is 0 Å². The molecule has 6 nitrogen and oxygen atoms in total. The number of anilines is 1. The summed E-state index contributed by atoms with van der Waals surface area (Å²) in [4.78, 5) is 14.3. The minimum absolute atomic E-state index is 0.0441. The summed E-state index contributed by atoms with van der Waals surface area (Å²) in [6.07, 6.45) is 0.410. The molecule has 0 unspecified atom stereocenters. The Labute approximate surface area is 152 Å². The van der Waals surface area contributed by atoms with Crippen molar-refractivity contribution in [3.05, 3.63) is 60.2 Å². The maximum atomic E-state index is 12.8. The lowest BCUT2D eigenvalue weighted by atomic mass is 10.2. The quantitative estimate of drug-likeness (QED) is 0.805. The van der Waals surface area contributed by atoms with Gasteiger partial charge in [-0.15, -0.1) is 0 Å². The second-order valence-corrected chi connectivity index (χ2v) is 8.31. The van der Waals surface area contributed by atoms with Gasteiger partial charge in [-0.1, -0.05) is 24.3 Å². The summed E-state index contributed by atoms with van der Waals surface area (Å²) in [5.74, 6) is 0.141. The standard InChI is InChI=1S/C19H18N2O4S/c20-12-15-5-4-8-18(11-15)25-13-19(22)21(16-6-2-1-3-7-16)17-9-10-26(23,24)14-17/h1-8,11,17H,9-10,13-14H2/t17-/m1/s1. The number of carbonyl (C=O) groups excluding carboxylic acids is 1. The van der Waals surface area contributed by atoms with Gasteiger partial charge in [0.2, 0.25) is 0 Å². The van der Waals surface area contributed by atoms with Crippen LogP contribution in [-0.4, -0.2) is 38.5 Å². The highest BCUT2D eigenvalue weighted by molar-refractivity contribution is 7.91. The molecule has 1 amide bonds. The summed E-state index contributed by atoms with van der Waals surface area (Å²) in [6, 6.07) is 17.2. The SMILES string of the molecule is N#Cc1cccc(OCC(=O)N(c2ccccc2)[C@@H]2CCS(=O)(=O)C2)c1. The molecule has 0 spiro atoms. The highest BCUT2D eigenvalue weighted by Gasteiger charge is 2.35. The van der Waals surface area contributed by atoms with E-state index in [0.29, 0.717) is 23.4 Å². The number of nitriles is 1. The third-order valence-corrected chi connectivity index (χ3v) is 5.95. The summed E-state index contributed by atoms with van der Waals surface area (Å²) in [6.45, 7) is -0.236. The lowest BCUT2D eigenvalue weighted by Gasteiger charge is -2.28. The molecule has 0 radical (unpaired) electrons. The third kappa shape index (κ3) is 4.21. The maximum absolute atomic E-state index is 12.8. The zero-order valence-corrected chi connectivity index (χ0v) is 14.9. The van der Waals surface area contributed by atoms with Crippen LogP contribution in [0, 0.1) is 11.3 Å². The predicted molar refractivity (Wildman–Crippen MR) is 97.6 cm³/mol. The second-order valence-electron chi connectivity index (χ2n) is 6.08. The molecule has 2 aromatic carbocycles. The Morgan fingerprint density at radius 1 is 1.19 bits per heavy atom. The van der Waals surface area contributed by atoms with E-state index in [2.05, 4.69) is 0 Å². The fourth-order valence-corrected chi connectivity index (χ4v) is 4.70. The fourth-order valence-electron chi connectivity index (χ4n) is 3.00. The Bertz CT molecular complexity index is 936. The van der Waals surface area contributed by atoms with Crippen LogP contribution >= 0.6 is 0 Å². The Hall–Kier alpha value is -2.85. The number of carbonyl (C=O) groups is 1. The molecule has 1 fully saturated rings. The van der Waals surface area contributed by atoms with Gasteiger partial charge in [0.15, 0.2) is 16.4 Å². The van der Waals surface area contributed by atoms with Crippen LogP contribution in [-0.2, 0) is 14.6 Å². The molecule has 0 aromatic heterocycles. The van der Waals surface area contributed by atoms with Crippen molar-refractivity contribution in [1.29, 1.82) is 5.26 Å². The van der Waals surface area contributed by atoms with Crippen LogP contribution in [0.5, 0.6) is 5.75 Å². The molecule has 1 aliphatic heterocycles. The van der Waals surface area contributed by atoms with E-state index in [4.69, 9.17) is 10.00 Å².